The van der Waals surface area contributed by atoms with Crippen LogP contribution in [0.25, 0.3) is 26.3 Å². The number of nitrogens with two attached hydrogens (primary N) is 1. The monoisotopic (exact) mass is 369 g/mol. The van der Waals surface area contributed by atoms with Gasteiger partial charge in [0.15, 0.2) is 5.82 Å². The molecular formula is C17H19N7OS. The van der Waals surface area contributed by atoms with E-state index < -0.39 is 0 Å². The molecule has 5 rings (SSSR count). The molecule has 0 radical (unpaired) electrons. The third-order valence-electron chi connectivity index (χ3n) is 4.78. The van der Waals surface area contributed by atoms with Gasteiger partial charge in [-0.25, -0.2) is 14.6 Å². The van der Waals surface area contributed by atoms with Gasteiger partial charge in [0.1, 0.15) is 16.3 Å². The topological polar surface area (TPSA) is 87.0 Å². The second-order valence-corrected chi connectivity index (χ2v) is 7.45. The number of fused-ring (bicyclic) bond motifs is 3. The Bertz CT molecular complexity index is 1080. The van der Waals surface area contributed by atoms with E-state index in [0.29, 0.717) is 5.82 Å². The van der Waals surface area contributed by atoms with Gasteiger partial charge in [0, 0.05) is 38.6 Å². The molecule has 1 aliphatic rings. The van der Waals surface area contributed by atoms with Gasteiger partial charge in [0.05, 0.1) is 35.5 Å². The first-order valence-electron chi connectivity index (χ1n) is 8.55. The van der Waals surface area contributed by atoms with Crippen LogP contribution in [0.5, 0.6) is 0 Å². The van der Waals surface area contributed by atoms with Crippen LogP contribution in [0.1, 0.15) is 5.82 Å². The van der Waals surface area contributed by atoms with E-state index in [1.54, 1.807) is 17.5 Å². The SMILES string of the molecule is Cn1c(CN2CCOCC2)nc2c(N)nc3cc(-n4cccn4)sc3c21. The zero-order chi connectivity index (χ0) is 17.7. The summed E-state index contributed by atoms with van der Waals surface area (Å²) in [7, 11) is 2.05. The summed E-state index contributed by atoms with van der Waals surface area (Å²) >= 11 is 1.65. The molecule has 8 nitrogen and oxygen atoms in total. The van der Waals surface area contributed by atoms with E-state index in [-0.39, 0.29) is 0 Å². The average molecular weight is 369 g/mol. The molecule has 0 unspecified atom stereocenters. The number of pyridine rings is 1. The van der Waals surface area contributed by atoms with E-state index in [9.17, 15) is 0 Å². The van der Waals surface area contributed by atoms with E-state index in [4.69, 9.17) is 15.5 Å². The summed E-state index contributed by atoms with van der Waals surface area (Å²) < 4.78 is 10.5. The quantitative estimate of drug-likeness (QED) is 0.592. The zero-order valence-electron chi connectivity index (χ0n) is 14.4. The Kier molecular flexibility index (Phi) is 3.66. The number of morpholine rings is 1. The van der Waals surface area contributed by atoms with Crippen molar-refractivity contribution in [2.75, 3.05) is 32.0 Å². The summed E-state index contributed by atoms with van der Waals surface area (Å²) in [5.74, 6) is 1.47. The number of nitrogen functional groups attached to an aromatic ring is 1. The molecule has 0 bridgehead atoms. The van der Waals surface area contributed by atoms with Gasteiger partial charge in [0.25, 0.3) is 0 Å². The number of hydrogen-bond acceptors (Lipinski definition) is 7. The number of anilines is 1. The van der Waals surface area contributed by atoms with Gasteiger partial charge in [-0.3, -0.25) is 4.90 Å². The third kappa shape index (κ3) is 2.47. The van der Waals surface area contributed by atoms with Crippen LogP contribution in [0.2, 0.25) is 0 Å². The molecule has 0 spiro atoms. The first-order chi connectivity index (χ1) is 12.7. The lowest BCUT2D eigenvalue weighted by Crippen LogP contribution is -2.36. The maximum Gasteiger partial charge on any atom is 0.152 e. The fraction of sp³-hybridized carbons (Fsp3) is 0.353. The highest BCUT2D eigenvalue weighted by atomic mass is 32.1. The van der Waals surface area contributed by atoms with Gasteiger partial charge in [-0.2, -0.15) is 5.10 Å². The summed E-state index contributed by atoms with van der Waals surface area (Å²) in [4.78, 5) is 11.7. The minimum Gasteiger partial charge on any atom is -0.382 e. The average Bonchev–Trinajstić information content (AvgIpc) is 3.36. The maximum atomic E-state index is 6.23. The Balaban J connectivity index is 1.64. The van der Waals surface area contributed by atoms with Crippen LogP contribution in [-0.2, 0) is 18.3 Å². The molecule has 1 aliphatic heterocycles. The molecule has 1 saturated heterocycles. The largest absolute Gasteiger partial charge is 0.382 e. The Hall–Kier alpha value is -2.49. The number of ether oxygens (including phenoxy) is 1. The van der Waals surface area contributed by atoms with Gasteiger partial charge in [-0.05, 0) is 6.07 Å². The number of aromatic nitrogens is 5. The van der Waals surface area contributed by atoms with Crippen molar-refractivity contribution in [2.45, 2.75) is 6.54 Å². The first-order valence-corrected chi connectivity index (χ1v) is 9.37. The smallest absolute Gasteiger partial charge is 0.152 e. The molecule has 2 N–H and O–H groups in total. The first kappa shape index (κ1) is 15.7. The number of thiophene rings is 1. The van der Waals surface area contributed by atoms with E-state index in [0.717, 1.165) is 64.9 Å². The lowest BCUT2D eigenvalue weighted by molar-refractivity contribution is 0.0328. The molecule has 0 atom stereocenters. The van der Waals surface area contributed by atoms with Crippen LogP contribution in [0.4, 0.5) is 5.82 Å². The number of hydrogen-bond donors (Lipinski definition) is 1. The van der Waals surface area contributed by atoms with Crippen molar-refractivity contribution in [3.63, 3.8) is 0 Å². The highest BCUT2D eigenvalue weighted by Gasteiger charge is 2.20. The minimum atomic E-state index is 0.473. The van der Waals surface area contributed by atoms with Crippen LogP contribution in [-0.4, -0.2) is 55.5 Å². The van der Waals surface area contributed by atoms with Gasteiger partial charge >= 0.3 is 0 Å². The standard InChI is InChI=1S/C17H19N7OS/c1-22-12(10-23-5-7-25-8-6-23)21-14-15(22)16-11(20-17(14)18)9-13(26-16)24-4-2-3-19-24/h2-4,9H,5-8,10H2,1H3,(H2,18,20). The third-order valence-corrected chi connectivity index (χ3v) is 5.91. The lowest BCUT2D eigenvalue weighted by atomic mass is 10.3. The molecule has 5 heterocycles. The molecule has 4 aromatic rings. The van der Waals surface area contributed by atoms with E-state index >= 15 is 0 Å². The van der Waals surface area contributed by atoms with Crippen LogP contribution in [0.3, 0.4) is 0 Å². The molecule has 134 valence electrons. The Morgan fingerprint density at radius 1 is 1.27 bits per heavy atom. The number of rotatable bonds is 3. The summed E-state index contributed by atoms with van der Waals surface area (Å²) in [6.07, 6.45) is 3.70. The fourth-order valence-corrected chi connectivity index (χ4v) is 4.52. The fourth-order valence-electron chi connectivity index (χ4n) is 3.40. The molecule has 9 heteroatoms. The van der Waals surface area contributed by atoms with E-state index in [1.165, 1.54) is 0 Å². The van der Waals surface area contributed by atoms with Crippen LogP contribution in [0, 0.1) is 0 Å². The predicted octanol–water partition coefficient (Wildman–Crippen LogP) is 1.78. The van der Waals surface area contributed by atoms with E-state index in [1.807, 2.05) is 23.0 Å². The molecule has 1 fully saturated rings. The van der Waals surface area contributed by atoms with Crippen molar-refractivity contribution in [1.82, 2.24) is 29.2 Å². The van der Waals surface area contributed by atoms with Crippen molar-refractivity contribution in [2.24, 2.45) is 7.05 Å². The second-order valence-electron chi connectivity index (χ2n) is 6.42. The Morgan fingerprint density at radius 3 is 2.88 bits per heavy atom. The summed E-state index contributed by atoms with van der Waals surface area (Å²) in [5.41, 5.74) is 8.92. The van der Waals surface area contributed by atoms with E-state index in [2.05, 4.69) is 26.6 Å². The van der Waals surface area contributed by atoms with Crippen molar-refractivity contribution in [3.8, 4) is 5.00 Å². The highest BCUT2D eigenvalue weighted by molar-refractivity contribution is 7.22. The van der Waals surface area contributed by atoms with Crippen molar-refractivity contribution >= 4 is 38.4 Å². The van der Waals surface area contributed by atoms with Crippen molar-refractivity contribution in [1.29, 1.82) is 0 Å². The lowest BCUT2D eigenvalue weighted by Gasteiger charge is -2.26. The highest BCUT2D eigenvalue weighted by Crippen LogP contribution is 2.35. The van der Waals surface area contributed by atoms with Crippen molar-refractivity contribution in [3.05, 3.63) is 30.4 Å². The summed E-state index contributed by atoms with van der Waals surface area (Å²) in [6, 6.07) is 3.93. The number of imidazole rings is 1. The zero-order valence-corrected chi connectivity index (χ0v) is 15.2. The van der Waals surface area contributed by atoms with Crippen LogP contribution in [0.15, 0.2) is 24.5 Å². The van der Waals surface area contributed by atoms with Gasteiger partial charge in [-0.15, -0.1) is 11.3 Å². The Labute approximate surface area is 153 Å². The molecule has 0 saturated carbocycles. The molecule has 4 aromatic heterocycles. The number of nitrogens with zero attached hydrogens (tertiary/aromatic N) is 6. The van der Waals surface area contributed by atoms with Crippen LogP contribution < -0.4 is 5.73 Å². The minimum absolute atomic E-state index is 0.473. The van der Waals surface area contributed by atoms with Gasteiger partial charge in [0.2, 0.25) is 0 Å². The van der Waals surface area contributed by atoms with Crippen LogP contribution >= 0.6 is 11.3 Å². The second kappa shape index (κ2) is 6.04. The van der Waals surface area contributed by atoms with Crippen molar-refractivity contribution < 1.29 is 4.74 Å². The van der Waals surface area contributed by atoms with Gasteiger partial charge in [-0.1, -0.05) is 0 Å². The normalized spacial score (nSPS) is 16.0. The molecule has 0 aliphatic carbocycles. The summed E-state index contributed by atoms with van der Waals surface area (Å²) in [6.45, 7) is 4.18. The van der Waals surface area contributed by atoms with Gasteiger partial charge < -0.3 is 15.0 Å². The maximum absolute atomic E-state index is 6.23. The summed E-state index contributed by atoms with van der Waals surface area (Å²) in [5, 5.41) is 5.33. The number of aryl methyl sites for hydroxylation is 1. The molecular weight excluding hydrogens is 350 g/mol. The molecule has 0 amide bonds. The predicted molar refractivity (Wildman–Crippen MR) is 102 cm³/mol. The molecule has 0 aromatic carbocycles. The molecule has 26 heavy (non-hydrogen) atoms. The Morgan fingerprint density at radius 2 is 2.12 bits per heavy atom.